The Hall–Kier alpha value is -4.89. The highest BCUT2D eigenvalue weighted by Gasteiger charge is 2.53. The number of aromatic hydroxyl groups is 2. The number of nitrogens with one attached hydrogen (secondary N) is 3. The van der Waals surface area contributed by atoms with Gasteiger partial charge >= 0.3 is 12.1 Å². The lowest BCUT2D eigenvalue weighted by atomic mass is 9.77. The van der Waals surface area contributed by atoms with Gasteiger partial charge in [0, 0.05) is 47.6 Å². The average Bonchev–Trinajstić information content (AvgIpc) is 3.39. The highest BCUT2D eigenvalue weighted by molar-refractivity contribution is 7.80. The van der Waals surface area contributed by atoms with Crippen LogP contribution >= 0.6 is 12.2 Å². The first-order valence-electron chi connectivity index (χ1n) is 17.4. The van der Waals surface area contributed by atoms with Crippen molar-refractivity contribution in [3.63, 3.8) is 0 Å². The summed E-state index contributed by atoms with van der Waals surface area (Å²) < 4.78 is 34.3. The van der Waals surface area contributed by atoms with Crippen LogP contribution < -0.4 is 20.7 Å². The van der Waals surface area contributed by atoms with Crippen LogP contribution in [0.5, 0.6) is 23.0 Å². The summed E-state index contributed by atoms with van der Waals surface area (Å²) in [6.07, 6.45) is 8.63. The Morgan fingerprint density at radius 3 is 2.10 bits per heavy atom. The van der Waals surface area contributed by atoms with Gasteiger partial charge in [-0.3, -0.25) is 0 Å². The van der Waals surface area contributed by atoms with Crippen molar-refractivity contribution in [1.82, 2.24) is 10.6 Å². The maximum absolute atomic E-state index is 13.3. The molecule has 0 saturated heterocycles. The van der Waals surface area contributed by atoms with Crippen LogP contribution in [0.3, 0.4) is 0 Å². The van der Waals surface area contributed by atoms with Gasteiger partial charge in [-0.05, 0) is 80.7 Å². The molecule has 1 spiro atoms. The molecule has 0 bridgehead atoms. The number of ether oxygens (including phenoxy) is 6. The lowest BCUT2D eigenvalue weighted by molar-refractivity contribution is 0.0157. The maximum Gasteiger partial charge on any atom is 0.407 e. The SMILES string of the molecule is O=C(NCCOCCOCCOCCNC(=S)Nc1ccc2c(c1)C(=O)OC21c2ccc(O)cc2Oc2cc(O)ccc21)OC1CC/C=C/CCC1. The zero-order chi connectivity index (χ0) is 36.3. The van der Waals surface area contributed by atoms with Crippen molar-refractivity contribution in [2.45, 2.75) is 43.8 Å². The number of amides is 1. The number of fused-ring (bicyclic) bond motifs is 6. The Morgan fingerprint density at radius 1 is 0.788 bits per heavy atom. The van der Waals surface area contributed by atoms with E-state index in [2.05, 4.69) is 28.1 Å². The van der Waals surface area contributed by atoms with Crippen molar-refractivity contribution in [2.24, 2.45) is 0 Å². The molecular formula is C38H43N3O10S. The fourth-order valence-corrected chi connectivity index (χ4v) is 6.62. The topological polar surface area (TPSA) is 166 Å². The van der Waals surface area contributed by atoms with Crippen LogP contribution in [-0.4, -0.2) is 86.2 Å². The molecule has 276 valence electrons. The number of alkyl carbamates (subject to hydrolysis) is 1. The van der Waals surface area contributed by atoms with E-state index in [4.69, 9.17) is 40.6 Å². The molecule has 14 heteroatoms. The second-order valence-electron chi connectivity index (χ2n) is 12.4. The molecule has 2 heterocycles. The van der Waals surface area contributed by atoms with E-state index < -0.39 is 17.7 Å². The number of carbonyl (C=O) groups excluding carboxylic acids is 2. The van der Waals surface area contributed by atoms with E-state index in [0.717, 1.165) is 32.1 Å². The Labute approximate surface area is 307 Å². The first-order valence-corrected chi connectivity index (χ1v) is 17.8. The summed E-state index contributed by atoms with van der Waals surface area (Å²) in [6, 6.07) is 14.5. The number of hydrogen-bond donors (Lipinski definition) is 5. The first kappa shape index (κ1) is 36.9. The molecule has 1 aliphatic carbocycles. The highest BCUT2D eigenvalue weighted by atomic mass is 32.1. The monoisotopic (exact) mass is 733 g/mol. The van der Waals surface area contributed by atoms with Gasteiger partial charge in [0.2, 0.25) is 0 Å². The smallest absolute Gasteiger partial charge is 0.407 e. The number of esters is 1. The number of benzene rings is 3. The minimum atomic E-state index is -1.33. The number of rotatable bonds is 14. The van der Waals surface area contributed by atoms with Crippen LogP contribution in [0.2, 0.25) is 0 Å². The fourth-order valence-electron chi connectivity index (χ4n) is 6.40. The van der Waals surface area contributed by atoms with Crippen molar-refractivity contribution in [3.8, 4) is 23.0 Å². The predicted molar refractivity (Wildman–Crippen MR) is 195 cm³/mol. The first-order chi connectivity index (χ1) is 25.3. The van der Waals surface area contributed by atoms with Crippen molar-refractivity contribution >= 4 is 35.1 Å². The molecule has 5 N–H and O–H groups in total. The van der Waals surface area contributed by atoms with E-state index in [1.165, 1.54) is 24.3 Å². The summed E-state index contributed by atoms with van der Waals surface area (Å²) in [6.45, 7) is 3.20. The Bertz CT molecular complexity index is 1730. The summed E-state index contributed by atoms with van der Waals surface area (Å²) in [5.41, 5.74) is 1.30. The van der Waals surface area contributed by atoms with Gasteiger partial charge in [0.05, 0.1) is 45.2 Å². The third-order valence-corrected chi connectivity index (χ3v) is 9.06. The molecule has 0 aromatic heterocycles. The van der Waals surface area contributed by atoms with Crippen LogP contribution in [0, 0.1) is 0 Å². The predicted octanol–water partition coefficient (Wildman–Crippen LogP) is 5.62. The van der Waals surface area contributed by atoms with Gasteiger partial charge in [-0.15, -0.1) is 0 Å². The van der Waals surface area contributed by atoms with Crippen molar-refractivity contribution < 1.29 is 48.2 Å². The number of phenols is 2. The quantitative estimate of drug-likeness (QED) is 0.0601. The Balaban J connectivity index is 0.867. The van der Waals surface area contributed by atoms with Gasteiger partial charge in [-0.2, -0.15) is 0 Å². The summed E-state index contributed by atoms with van der Waals surface area (Å²) in [4.78, 5) is 25.3. The third kappa shape index (κ3) is 8.94. The standard InChI is InChI=1S/C38H43N3O10S/c42-26-9-12-31-33(23-26)50-34-24-27(43)10-13-32(34)38(31)30-11-8-25(22-29(30)35(44)51-38)41-36(52)39-14-16-46-18-20-48-21-19-47-17-15-40-37(45)49-28-6-4-2-1-3-5-7-28/h1-2,8-13,22-24,28,42-43H,3-7,14-21H2,(H,40,45)(H2,39,41,52)/b2-1+. The minimum Gasteiger partial charge on any atom is -0.508 e. The summed E-state index contributed by atoms with van der Waals surface area (Å²) >= 11 is 5.45. The number of thiocarbonyl (C=S) groups is 1. The van der Waals surface area contributed by atoms with E-state index in [9.17, 15) is 19.8 Å². The van der Waals surface area contributed by atoms with E-state index >= 15 is 0 Å². The minimum absolute atomic E-state index is 0.0114. The molecule has 6 rings (SSSR count). The highest BCUT2D eigenvalue weighted by Crippen LogP contribution is 2.57. The van der Waals surface area contributed by atoms with E-state index in [0.29, 0.717) is 97.3 Å². The van der Waals surface area contributed by atoms with Crippen LogP contribution in [0.4, 0.5) is 10.5 Å². The third-order valence-electron chi connectivity index (χ3n) is 8.82. The van der Waals surface area contributed by atoms with Gasteiger partial charge in [0.15, 0.2) is 10.7 Å². The molecule has 52 heavy (non-hydrogen) atoms. The lowest BCUT2D eigenvalue weighted by Gasteiger charge is -2.36. The van der Waals surface area contributed by atoms with E-state index in [1.54, 1.807) is 30.3 Å². The number of allylic oxidation sites excluding steroid dienone is 2. The van der Waals surface area contributed by atoms with Crippen molar-refractivity contribution in [1.29, 1.82) is 0 Å². The molecule has 3 aromatic rings. The molecule has 0 fully saturated rings. The van der Waals surface area contributed by atoms with Crippen LogP contribution in [0.25, 0.3) is 0 Å². The number of phenolic OH excluding ortho intramolecular Hbond substituents is 2. The lowest BCUT2D eigenvalue weighted by Crippen LogP contribution is -2.33. The second kappa shape index (κ2) is 17.6. The fraction of sp³-hybridized carbons (Fsp3) is 0.395. The zero-order valence-corrected chi connectivity index (χ0v) is 29.5. The van der Waals surface area contributed by atoms with E-state index in [-0.39, 0.29) is 17.6 Å². The molecule has 1 amide bonds. The second-order valence-corrected chi connectivity index (χ2v) is 12.9. The zero-order valence-electron chi connectivity index (χ0n) is 28.7. The van der Waals surface area contributed by atoms with Gasteiger partial charge in [0.1, 0.15) is 29.1 Å². The average molecular weight is 734 g/mol. The molecular weight excluding hydrogens is 690 g/mol. The van der Waals surface area contributed by atoms with Crippen LogP contribution in [0.15, 0.2) is 66.7 Å². The molecule has 3 aliphatic rings. The van der Waals surface area contributed by atoms with Gasteiger partial charge < -0.3 is 54.6 Å². The van der Waals surface area contributed by atoms with Gasteiger partial charge in [0.25, 0.3) is 0 Å². The molecule has 1 unspecified atom stereocenters. The molecule has 3 aromatic carbocycles. The Kier molecular flexibility index (Phi) is 12.5. The van der Waals surface area contributed by atoms with Crippen molar-refractivity contribution in [3.05, 3.63) is 89.0 Å². The van der Waals surface area contributed by atoms with Crippen LogP contribution in [0.1, 0.15) is 59.2 Å². The molecule has 0 saturated carbocycles. The number of hydrogen-bond acceptors (Lipinski definition) is 11. The molecule has 1 atom stereocenters. The summed E-state index contributed by atoms with van der Waals surface area (Å²) in [7, 11) is 0. The van der Waals surface area contributed by atoms with Crippen LogP contribution in [-0.2, 0) is 29.3 Å². The Morgan fingerprint density at radius 2 is 1.40 bits per heavy atom. The molecule has 2 aliphatic heterocycles. The van der Waals surface area contributed by atoms with Gasteiger partial charge in [-0.1, -0.05) is 18.2 Å². The molecule has 13 nitrogen and oxygen atoms in total. The summed E-state index contributed by atoms with van der Waals surface area (Å²) in [5, 5.41) is 29.5. The van der Waals surface area contributed by atoms with Gasteiger partial charge in [-0.25, -0.2) is 9.59 Å². The molecule has 0 radical (unpaired) electrons. The number of carbonyl (C=O) groups is 2. The van der Waals surface area contributed by atoms with E-state index in [1.807, 2.05) is 0 Å². The van der Waals surface area contributed by atoms with Crippen molar-refractivity contribution in [2.75, 3.05) is 58.0 Å². The normalized spacial score (nSPS) is 17.3. The number of anilines is 1. The maximum atomic E-state index is 13.3. The largest absolute Gasteiger partial charge is 0.508 e. The summed E-state index contributed by atoms with van der Waals surface area (Å²) in [5.74, 6) is 0.0672.